The van der Waals surface area contributed by atoms with Crippen molar-refractivity contribution in [3.05, 3.63) is 18.2 Å². The van der Waals surface area contributed by atoms with Crippen molar-refractivity contribution in [2.75, 3.05) is 0 Å². The molecule has 1 heterocycles. The molecule has 0 aliphatic heterocycles. The second-order valence-corrected chi connectivity index (χ2v) is 3.76. The van der Waals surface area contributed by atoms with E-state index in [2.05, 4.69) is 23.8 Å². The number of hydrogen-bond donors (Lipinski definition) is 1. The molecular weight excluding hydrogens is 160 g/mol. The fourth-order valence-corrected chi connectivity index (χ4v) is 1.57. The highest BCUT2D eigenvalue weighted by Crippen LogP contribution is 2.19. The lowest BCUT2D eigenvalue weighted by atomic mass is 10.0. The molecule has 1 aromatic rings. The number of aromatic amines is 1. The van der Waals surface area contributed by atoms with E-state index in [9.17, 15) is 0 Å². The van der Waals surface area contributed by atoms with Gasteiger partial charge in [-0.1, -0.05) is 39.5 Å². The Bertz CT molecular complexity index is 204. The van der Waals surface area contributed by atoms with Crippen LogP contribution in [-0.4, -0.2) is 9.97 Å². The fraction of sp³-hybridized carbons (Fsp3) is 0.727. The van der Waals surface area contributed by atoms with E-state index in [-0.39, 0.29) is 0 Å². The van der Waals surface area contributed by atoms with E-state index in [1.54, 1.807) is 6.33 Å². The predicted octanol–water partition coefficient (Wildman–Crippen LogP) is 3.48. The molecule has 0 fully saturated rings. The molecule has 1 aromatic heterocycles. The van der Waals surface area contributed by atoms with Gasteiger partial charge in [-0.25, -0.2) is 4.98 Å². The maximum absolute atomic E-state index is 4.03. The number of hydrogen-bond acceptors (Lipinski definition) is 1. The van der Waals surface area contributed by atoms with Crippen LogP contribution in [0.3, 0.4) is 0 Å². The maximum Gasteiger partial charge on any atom is 0.0921 e. The van der Waals surface area contributed by atoms with Gasteiger partial charge < -0.3 is 4.98 Å². The van der Waals surface area contributed by atoms with E-state index < -0.39 is 0 Å². The van der Waals surface area contributed by atoms with Crippen LogP contribution in [0.2, 0.25) is 0 Å². The minimum Gasteiger partial charge on any atom is -0.348 e. The van der Waals surface area contributed by atoms with Gasteiger partial charge in [-0.3, -0.25) is 0 Å². The number of imidazole rings is 1. The topological polar surface area (TPSA) is 28.7 Å². The average Bonchev–Trinajstić information content (AvgIpc) is 2.65. The molecular formula is C11H20N2. The second kappa shape index (κ2) is 5.79. The first-order valence-electron chi connectivity index (χ1n) is 5.33. The Kier molecular flexibility index (Phi) is 4.58. The molecule has 1 atom stereocenters. The molecule has 2 heteroatoms. The summed E-state index contributed by atoms with van der Waals surface area (Å²) in [5, 5.41) is 0. The van der Waals surface area contributed by atoms with Crippen molar-refractivity contribution < 1.29 is 0 Å². The predicted molar refractivity (Wildman–Crippen MR) is 55.8 cm³/mol. The fourth-order valence-electron chi connectivity index (χ4n) is 1.57. The van der Waals surface area contributed by atoms with Crippen molar-refractivity contribution in [1.29, 1.82) is 0 Å². The van der Waals surface area contributed by atoms with Crippen molar-refractivity contribution in [1.82, 2.24) is 9.97 Å². The summed E-state index contributed by atoms with van der Waals surface area (Å²) >= 11 is 0. The number of H-pyrrole nitrogens is 1. The highest BCUT2D eigenvalue weighted by Gasteiger charge is 2.05. The number of aromatic nitrogens is 2. The molecule has 0 saturated carbocycles. The summed E-state index contributed by atoms with van der Waals surface area (Å²) in [4.78, 5) is 7.20. The monoisotopic (exact) mass is 180 g/mol. The third-order valence-electron chi connectivity index (χ3n) is 2.54. The molecule has 0 bridgehead atoms. The molecule has 2 nitrogen and oxygen atoms in total. The Morgan fingerprint density at radius 1 is 1.38 bits per heavy atom. The number of nitrogens with one attached hydrogen (secondary N) is 1. The van der Waals surface area contributed by atoms with Crippen molar-refractivity contribution in [2.24, 2.45) is 0 Å². The van der Waals surface area contributed by atoms with Crippen molar-refractivity contribution >= 4 is 0 Å². The second-order valence-electron chi connectivity index (χ2n) is 3.76. The summed E-state index contributed by atoms with van der Waals surface area (Å²) in [6, 6.07) is 0. The van der Waals surface area contributed by atoms with E-state index in [1.165, 1.54) is 37.8 Å². The van der Waals surface area contributed by atoms with Crippen LogP contribution >= 0.6 is 0 Å². The smallest absolute Gasteiger partial charge is 0.0921 e. The van der Waals surface area contributed by atoms with Gasteiger partial charge in [0.15, 0.2) is 0 Å². The minimum atomic E-state index is 0.638. The molecule has 1 unspecified atom stereocenters. The Morgan fingerprint density at radius 2 is 2.23 bits per heavy atom. The molecule has 0 aromatic carbocycles. The van der Waals surface area contributed by atoms with Crippen molar-refractivity contribution in [3.8, 4) is 0 Å². The number of unbranched alkanes of at least 4 members (excludes halogenated alkanes) is 3. The van der Waals surface area contributed by atoms with Gasteiger partial charge in [0.25, 0.3) is 0 Å². The molecule has 74 valence electrons. The van der Waals surface area contributed by atoms with Gasteiger partial charge in [0, 0.05) is 11.9 Å². The summed E-state index contributed by atoms with van der Waals surface area (Å²) in [6.07, 6.45) is 10.4. The minimum absolute atomic E-state index is 0.638. The van der Waals surface area contributed by atoms with Gasteiger partial charge in [-0.05, 0) is 12.3 Å². The van der Waals surface area contributed by atoms with Gasteiger partial charge in [0.05, 0.1) is 6.33 Å². The maximum atomic E-state index is 4.03. The Hall–Kier alpha value is -0.790. The van der Waals surface area contributed by atoms with Crippen LogP contribution in [0.1, 0.15) is 57.6 Å². The van der Waals surface area contributed by atoms with E-state index in [4.69, 9.17) is 0 Å². The lowest BCUT2D eigenvalue weighted by molar-refractivity contribution is 0.573. The number of rotatable bonds is 6. The zero-order chi connectivity index (χ0) is 9.52. The largest absolute Gasteiger partial charge is 0.348 e. The Labute approximate surface area is 80.8 Å². The first kappa shape index (κ1) is 10.3. The van der Waals surface area contributed by atoms with Crippen LogP contribution in [0.15, 0.2) is 12.5 Å². The quantitative estimate of drug-likeness (QED) is 0.667. The zero-order valence-electron chi connectivity index (χ0n) is 8.71. The first-order chi connectivity index (χ1) is 6.34. The summed E-state index contributed by atoms with van der Waals surface area (Å²) in [6.45, 7) is 4.51. The van der Waals surface area contributed by atoms with E-state index in [0.717, 1.165) is 0 Å². The van der Waals surface area contributed by atoms with E-state index >= 15 is 0 Å². The Morgan fingerprint density at radius 3 is 2.85 bits per heavy atom. The van der Waals surface area contributed by atoms with Crippen molar-refractivity contribution in [2.45, 2.75) is 51.9 Å². The summed E-state index contributed by atoms with van der Waals surface area (Å²) in [5.41, 5.74) is 1.27. The molecule has 1 N–H and O–H groups in total. The lowest BCUT2D eigenvalue weighted by Crippen LogP contribution is -1.93. The standard InChI is InChI=1S/C11H20N2/c1-3-4-5-6-7-10(2)11-8-12-9-13-11/h8-10H,3-7H2,1-2H3,(H,12,13). The van der Waals surface area contributed by atoms with Crippen LogP contribution in [0, 0.1) is 0 Å². The van der Waals surface area contributed by atoms with Gasteiger partial charge >= 0.3 is 0 Å². The van der Waals surface area contributed by atoms with Gasteiger partial charge in [-0.2, -0.15) is 0 Å². The third kappa shape index (κ3) is 3.62. The summed E-state index contributed by atoms with van der Waals surface area (Å²) in [5.74, 6) is 0.638. The van der Waals surface area contributed by atoms with E-state index in [1.807, 2.05) is 6.20 Å². The van der Waals surface area contributed by atoms with Crippen molar-refractivity contribution in [3.63, 3.8) is 0 Å². The zero-order valence-corrected chi connectivity index (χ0v) is 8.71. The SMILES string of the molecule is CCCCCCC(C)c1cnc[nH]1. The molecule has 0 aliphatic carbocycles. The summed E-state index contributed by atoms with van der Waals surface area (Å²) in [7, 11) is 0. The molecule has 1 rings (SSSR count). The van der Waals surface area contributed by atoms with Gasteiger partial charge in [-0.15, -0.1) is 0 Å². The Balaban J connectivity index is 2.15. The van der Waals surface area contributed by atoms with Gasteiger partial charge in [0.1, 0.15) is 0 Å². The van der Waals surface area contributed by atoms with Crippen LogP contribution in [0.4, 0.5) is 0 Å². The molecule has 13 heavy (non-hydrogen) atoms. The van der Waals surface area contributed by atoms with E-state index in [0.29, 0.717) is 5.92 Å². The average molecular weight is 180 g/mol. The van der Waals surface area contributed by atoms with Crippen LogP contribution in [-0.2, 0) is 0 Å². The van der Waals surface area contributed by atoms with Gasteiger partial charge in [0.2, 0.25) is 0 Å². The number of nitrogens with zero attached hydrogens (tertiary/aromatic N) is 1. The molecule has 0 radical (unpaired) electrons. The molecule has 0 aliphatic rings. The van der Waals surface area contributed by atoms with Crippen LogP contribution in [0.5, 0.6) is 0 Å². The highest BCUT2D eigenvalue weighted by atomic mass is 14.9. The third-order valence-corrected chi connectivity index (χ3v) is 2.54. The van der Waals surface area contributed by atoms with Crippen LogP contribution in [0.25, 0.3) is 0 Å². The highest BCUT2D eigenvalue weighted by molar-refractivity contribution is 5.01. The molecule has 0 spiro atoms. The lowest BCUT2D eigenvalue weighted by Gasteiger charge is -2.07. The normalized spacial score (nSPS) is 13.1. The summed E-state index contributed by atoms with van der Waals surface area (Å²) < 4.78 is 0. The van der Waals surface area contributed by atoms with Crippen LogP contribution < -0.4 is 0 Å². The molecule has 0 saturated heterocycles. The molecule has 0 amide bonds. The first-order valence-corrected chi connectivity index (χ1v) is 5.33.